The molecule has 0 fully saturated rings. The summed E-state index contributed by atoms with van der Waals surface area (Å²) >= 11 is 0. The van der Waals surface area contributed by atoms with Crippen molar-refractivity contribution in [1.82, 2.24) is 15.3 Å². The normalized spacial score (nSPS) is 22.2. The fourth-order valence-corrected chi connectivity index (χ4v) is 3.46. The van der Waals surface area contributed by atoms with Crippen LogP contribution in [0.25, 0.3) is 0 Å². The summed E-state index contributed by atoms with van der Waals surface area (Å²) in [6, 6.07) is 16.0. The van der Waals surface area contributed by atoms with E-state index in [0.29, 0.717) is 0 Å². The van der Waals surface area contributed by atoms with Crippen molar-refractivity contribution in [3.05, 3.63) is 89.5 Å². The number of aromatic nitrogens is 2. The molecule has 1 aliphatic rings. The quantitative estimate of drug-likeness (QED) is 0.775. The summed E-state index contributed by atoms with van der Waals surface area (Å²) < 4.78 is 5.42. The second-order valence-corrected chi connectivity index (χ2v) is 5.78. The van der Waals surface area contributed by atoms with Crippen molar-refractivity contribution in [3.8, 4) is 5.75 Å². The molecule has 0 saturated carbocycles. The maximum atomic E-state index is 6.35. The first-order chi connectivity index (χ1) is 11.8. The zero-order chi connectivity index (χ0) is 16.6. The van der Waals surface area contributed by atoms with E-state index >= 15 is 0 Å². The zero-order valence-electron chi connectivity index (χ0n) is 13.3. The molecule has 3 N–H and O–H groups in total. The molecule has 0 saturated heterocycles. The Morgan fingerprint density at radius 2 is 1.88 bits per heavy atom. The van der Waals surface area contributed by atoms with Gasteiger partial charge >= 0.3 is 0 Å². The van der Waals surface area contributed by atoms with Crippen LogP contribution in [0.4, 0.5) is 0 Å². The van der Waals surface area contributed by atoms with Crippen LogP contribution in [0.5, 0.6) is 5.75 Å². The van der Waals surface area contributed by atoms with Crippen LogP contribution >= 0.6 is 0 Å². The van der Waals surface area contributed by atoms with Gasteiger partial charge in [0.25, 0.3) is 0 Å². The monoisotopic (exact) mass is 318 g/mol. The second-order valence-electron chi connectivity index (χ2n) is 5.78. The molecule has 120 valence electrons. The maximum absolute atomic E-state index is 6.35. The van der Waals surface area contributed by atoms with Crippen molar-refractivity contribution in [2.24, 2.45) is 5.73 Å². The van der Waals surface area contributed by atoms with Crippen LogP contribution in [0.2, 0.25) is 0 Å². The third-order valence-electron chi connectivity index (χ3n) is 4.53. The number of methoxy groups -OCH3 is 1. The van der Waals surface area contributed by atoms with Gasteiger partial charge in [0, 0.05) is 24.2 Å². The van der Waals surface area contributed by atoms with Crippen molar-refractivity contribution in [2.45, 2.75) is 11.7 Å². The van der Waals surface area contributed by atoms with Crippen molar-refractivity contribution in [2.75, 3.05) is 7.11 Å². The summed E-state index contributed by atoms with van der Waals surface area (Å²) in [5, 5.41) is 3.55. The largest absolute Gasteiger partial charge is 0.497 e. The summed E-state index contributed by atoms with van der Waals surface area (Å²) in [6.45, 7) is 0. The number of ether oxygens (including phenoxy) is 1. The minimum atomic E-state index is -0.583. The Balaban J connectivity index is 2.02. The lowest BCUT2D eigenvalue weighted by atomic mass is 9.79. The van der Waals surface area contributed by atoms with Gasteiger partial charge in [-0.15, -0.1) is 0 Å². The molecule has 2 unspecified atom stereocenters. The van der Waals surface area contributed by atoms with E-state index in [4.69, 9.17) is 10.5 Å². The third-order valence-corrected chi connectivity index (χ3v) is 4.53. The highest BCUT2D eigenvalue weighted by molar-refractivity contribution is 5.55. The van der Waals surface area contributed by atoms with Crippen molar-refractivity contribution in [3.63, 3.8) is 0 Å². The van der Waals surface area contributed by atoms with Gasteiger partial charge in [-0.1, -0.05) is 18.2 Å². The molecule has 5 heteroatoms. The van der Waals surface area contributed by atoms with Gasteiger partial charge in [-0.05, 0) is 41.5 Å². The van der Waals surface area contributed by atoms with Crippen LogP contribution in [-0.2, 0) is 5.54 Å². The average molecular weight is 318 g/mol. The first kappa shape index (κ1) is 14.8. The zero-order valence-corrected chi connectivity index (χ0v) is 13.3. The Hall–Kier alpha value is -2.76. The minimum Gasteiger partial charge on any atom is -0.497 e. The lowest BCUT2D eigenvalue weighted by molar-refractivity contribution is 0.409. The predicted octanol–water partition coefficient (Wildman–Crippen LogP) is 2.34. The summed E-state index contributed by atoms with van der Waals surface area (Å²) in [7, 11) is 1.67. The van der Waals surface area contributed by atoms with E-state index in [1.807, 2.05) is 36.4 Å². The topological polar surface area (TPSA) is 73.1 Å². The average Bonchev–Trinajstić information content (AvgIpc) is 2.97. The molecule has 2 aromatic heterocycles. The SMILES string of the molecule is COc1cccc(C2(c3ccncc3)NC(N)c3ncccc32)c1. The lowest BCUT2D eigenvalue weighted by Crippen LogP contribution is -2.42. The Bertz CT molecular complexity index is 868. The highest BCUT2D eigenvalue weighted by Crippen LogP contribution is 2.44. The number of benzene rings is 1. The lowest BCUT2D eigenvalue weighted by Gasteiger charge is -2.32. The van der Waals surface area contributed by atoms with E-state index in [2.05, 4.69) is 27.4 Å². The van der Waals surface area contributed by atoms with Crippen molar-refractivity contribution >= 4 is 0 Å². The molecule has 0 bridgehead atoms. The van der Waals surface area contributed by atoms with E-state index < -0.39 is 5.54 Å². The first-order valence-corrected chi connectivity index (χ1v) is 7.79. The number of nitrogens with one attached hydrogen (secondary N) is 1. The number of rotatable bonds is 3. The molecule has 0 aliphatic carbocycles. The van der Waals surface area contributed by atoms with Gasteiger partial charge in [-0.25, -0.2) is 0 Å². The van der Waals surface area contributed by atoms with E-state index in [1.165, 1.54) is 0 Å². The third kappa shape index (κ3) is 2.10. The highest BCUT2D eigenvalue weighted by Gasteiger charge is 2.45. The summed E-state index contributed by atoms with van der Waals surface area (Å²) in [5.74, 6) is 0.800. The number of hydrogen-bond acceptors (Lipinski definition) is 5. The Kier molecular flexibility index (Phi) is 3.52. The predicted molar refractivity (Wildman–Crippen MR) is 91.4 cm³/mol. The molecule has 4 rings (SSSR count). The summed E-state index contributed by atoms with van der Waals surface area (Å²) in [6.07, 6.45) is 5.01. The number of nitrogens with two attached hydrogens (primary N) is 1. The Morgan fingerprint density at radius 3 is 2.67 bits per heavy atom. The number of pyridine rings is 2. The molecule has 2 atom stereocenters. The van der Waals surface area contributed by atoms with Gasteiger partial charge in [0.05, 0.1) is 18.3 Å². The Labute approximate surface area is 140 Å². The van der Waals surface area contributed by atoms with E-state index in [1.54, 1.807) is 25.7 Å². The molecule has 3 aromatic rings. The van der Waals surface area contributed by atoms with Crippen LogP contribution in [0.1, 0.15) is 28.6 Å². The fraction of sp³-hybridized carbons (Fsp3) is 0.158. The van der Waals surface area contributed by atoms with E-state index in [9.17, 15) is 0 Å². The number of hydrogen-bond donors (Lipinski definition) is 2. The van der Waals surface area contributed by atoms with E-state index in [-0.39, 0.29) is 6.17 Å². The number of fused-ring (bicyclic) bond motifs is 1. The smallest absolute Gasteiger partial charge is 0.119 e. The molecule has 5 nitrogen and oxygen atoms in total. The van der Waals surface area contributed by atoms with Crippen LogP contribution in [0.15, 0.2) is 67.1 Å². The van der Waals surface area contributed by atoms with E-state index in [0.717, 1.165) is 28.1 Å². The molecule has 1 aliphatic heterocycles. The highest BCUT2D eigenvalue weighted by atomic mass is 16.5. The van der Waals surface area contributed by atoms with Crippen LogP contribution in [0.3, 0.4) is 0 Å². The van der Waals surface area contributed by atoms with Gasteiger partial charge in [0.2, 0.25) is 0 Å². The van der Waals surface area contributed by atoms with Gasteiger partial charge in [-0.2, -0.15) is 0 Å². The fourth-order valence-electron chi connectivity index (χ4n) is 3.46. The van der Waals surface area contributed by atoms with Crippen molar-refractivity contribution < 1.29 is 4.74 Å². The molecule has 3 heterocycles. The molecule has 0 radical (unpaired) electrons. The summed E-state index contributed by atoms with van der Waals surface area (Å²) in [5.41, 5.74) is 9.79. The molecular formula is C19H18N4O. The Morgan fingerprint density at radius 1 is 1.04 bits per heavy atom. The maximum Gasteiger partial charge on any atom is 0.119 e. The van der Waals surface area contributed by atoms with Crippen molar-refractivity contribution in [1.29, 1.82) is 0 Å². The van der Waals surface area contributed by atoms with Gasteiger partial charge < -0.3 is 10.5 Å². The van der Waals surface area contributed by atoms with Gasteiger partial charge in [0.15, 0.2) is 0 Å². The molecular weight excluding hydrogens is 300 g/mol. The molecule has 0 spiro atoms. The molecule has 24 heavy (non-hydrogen) atoms. The van der Waals surface area contributed by atoms with Crippen LogP contribution in [0, 0.1) is 0 Å². The minimum absolute atomic E-state index is 0.347. The standard InChI is InChI=1S/C19H18N4O/c1-24-15-5-2-4-14(12-15)19(13-7-10-21-11-8-13)16-6-3-9-22-17(16)18(20)23-19/h2-12,18,23H,20H2,1H3. The van der Waals surface area contributed by atoms with Gasteiger partial charge in [-0.3, -0.25) is 15.3 Å². The number of nitrogens with zero attached hydrogens (tertiary/aromatic N) is 2. The van der Waals surface area contributed by atoms with Crippen LogP contribution < -0.4 is 15.8 Å². The summed E-state index contributed by atoms with van der Waals surface area (Å²) in [4.78, 5) is 8.65. The molecule has 0 amide bonds. The second kappa shape index (κ2) is 5.70. The van der Waals surface area contributed by atoms with Crippen LogP contribution in [-0.4, -0.2) is 17.1 Å². The van der Waals surface area contributed by atoms with Gasteiger partial charge in [0.1, 0.15) is 11.9 Å². The molecule has 1 aromatic carbocycles. The first-order valence-electron chi connectivity index (χ1n) is 7.79.